The maximum atomic E-state index is 14.3. The second kappa shape index (κ2) is 14.1. The van der Waals surface area contributed by atoms with E-state index in [0.717, 1.165) is 16.7 Å². The summed E-state index contributed by atoms with van der Waals surface area (Å²) in [5.41, 5.74) is 0.874. The molecule has 2 N–H and O–H groups in total. The Hall–Kier alpha value is -3.88. The van der Waals surface area contributed by atoms with Crippen LogP contribution in [0, 0.1) is 13.8 Å². The van der Waals surface area contributed by atoms with Crippen molar-refractivity contribution in [3.63, 3.8) is 0 Å². The van der Waals surface area contributed by atoms with Crippen molar-refractivity contribution in [1.29, 1.82) is 0 Å². The molecule has 0 aromatic heterocycles. The average molecular weight is 596 g/mol. The zero-order valence-electron chi connectivity index (χ0n) is 27.6. The Kier molecular flexibility index (Phi) is 11.5. The van der Waals surface area contributed by atoms with Gasteiger partial charge in [-0.1, -0.05) is 59.7 Å². The number of nitrogens with one attached hydrogen (secondary N) is 2. The number of benzene rings is 2. The van der Waals surface area contributed by atoms with Crippen LogP contribution in [0.3, 0.4) is 0 Å². The Morgan fingerprint density at radius 3 is 1.81 bits per heavy atom. The van der Waals surface area contributed by atoms with Crippen molar-refractivity contribution in [2.75, 3.05) is 6.54 Å². The largest absolute Gasteiger partial charge is 0.458 e. The zero-order chi connectivity index (χ0) is 32.8. The fourth-order valence-electron chi connectivity index (χ4n) is 4.70. The minimum absolute atomic E-state index is 0.199. The van der Waals surface area contributed by atoms with Crippen LogP contribution in [0.4, 0.5) is 4.79 Å². The number of ether oxygens (including phenoxy) is 2. The molecule has 0 aliphatic rings. The molecule has 0 radical (unpaired) electrons. The van der Waals surface area contributed by atoms with Gasteiger partial charge in [-0.2, -0.15) is 0 Å². The van der Waals surface area contributed by atoms with Gasteiger partial charge in [0.1, 0.15) is 29.8 Å². The number of esters is 1. The first-order chi connectivity index (χ1) is 19.7. The Labute approximate surface area is 256 Å². The zero-order valence-corrected chi connectivity index (χ0v) is 27.6. The van der Waals surface area contributed by atoms with E-state index in [1.54, 1.807) is 41.5 Å². The number of alkyl carbamates (subject to hydrolysis) is 1. The van der Waals surface area contributed by atoms with Crippen LogP contribution in [0.5, 0.6) is 0 Å². The van der Waals surface area contributed by atoms with Crippen LogP contribution in [0.2, 0.25) is 0 Å². The first-order valence-corrected chi connectivity index (χ1v) is 14.6. The summed E-state index contributed by atoms with van der Waals surface area (Å²) < 4.78 is 11.0. The second-order valence-corrected chi connectivity index (χ2v) is 13.9. The molecule has 2 rings (SSSR count). The normalized spacial score (nSPS) is 13.4. The molecule has 236 valence electrons. The lowest BCUT2D eigenvalue weighted by atomic mass is 9.94. The summed E-state index contributed by atoms with van der Waals surface area (Å²) in [6.45, 7) is 19.4. The van der Waals surface area contributed by atoms with Crippen molar-refractivity contribution in [3.8, 4) is 0 Å². The molecule has 2 unspecified atom stereocenters. The van der Waals surface area contributed by atoms with E-state index < -0.39 is 52.7 Å². The van der Waals surface area contributed by atoms with Crippen LogP contribution in [0.15, 0.2) is 48.5 Å². The molecule has 0 saturated heterocycles. The molecule has 0 fully saturated rings. The van der Waals surface area contributed by atoms with Gasteiger partial charge < -0.3 is 25.0 Å². The minimum atomic E-state index is -1.12. The standard InChI is InChI=1S/C34H49N3O6/c1-22-17-23(2)19-25(18-22)28(37(32(3,4)5)27(38)21-35-31(41)43-34(9,10)11)29(39)36-26(30(40)42-33(6,7)8)20-24-15-13-12-14-16-24/h12-19,26,28H,20-21H2,1-11H3,(H,35,41)(H,36,39). The third-order valence-electron chi connectivity index (χ3n) is 6.13. The Morgan fingerprint density at radius 2 is 1.33 bits per heavy atom. The molecule has 43 heavy (non-hydrogen) atoms. The predicted molar refractivity (Wildman–Crippen MR) is 167 cm³/mol. The smallest absolute Gasteiger partial charge is 0.408 e. The van der Waals surface area contributed by atoms with Crippen molar-refractivity contribution in [1.82, 2.24) is 15.5 Å². The Bertz CT molecular complexity index is 1270. The Morgan fingerprint density at radius 1 is 0.791 bits per heavy atom. The monoisotopic (exact) mass is 595 g/mol. The van der Waals surface area contributed by atoms with Gasteiger partial charge in [0, 0.05) is 12.0 Å². The molecule has 0 heterocycles. The number of amides is 3. The van der Waals surface area contributed by atoms with Crippen LogP contribution in [0.25, 0.3) is 0 Å². The van der Waals surface area contributed by atoms with E-state index >= 15 is 0 Å². The molecular weight excluding hydrogens is 546 g/mol. The third kappa shape index (κ3) is 11.7. The average Bonchev–Trinajstić information content (AvgIpc) is 2.82. The van der Waals surface area contributed by atoms with Gasteiger partial charge in [0.15, 0.2) is 0 Å². The molecular formula is C34H49N3O6. The minimum Gasteiger partial charge on any atom is -0.458 e. The summed E-state index contributed by atoms with van der Waals surface area (Å²) in [5.74, 6) is -1.61. The maximum absolute atomic E-state index is 14.3. The lowest BCUT2D eigenvalue weighted by Crippen LogP contribution is -2.57. The Balaban J connectivity index is 2.55. The predicted octanol–water partition coefficient (Wildman–Crippen LogP) is 5.57. The molecule has 2 atom stereocenters. The van der Waals surface area contributed by atoms with Gasteiger partial charge >= 0.3 is 12.1 Å². The molecule has 0 aliphatic heterocycles. The lowest BCUT2D eigenvalue weighted by molar-refractivity contribution is -0.159. The van der Waals surface area contributed by atoms with Crippen molar-refractivity contribution < 1.29 is 28.7 Å². The molecule has 0 spiro atoms. The highest BCUT2D eigenvalue weighted by Crippen LogP contribution is 2.31. The molecule has 9 heteroatoms. The van der Waals surface area contributed by atoms with Crippen LogP contribution >= 0.6 is 0 Å². The number of rotatable bonds is 9. The SMILES string of the molecule is Cc1cc(C)cc(C(C(=O)NC(Cc2ccccc2)C(=O)OC(C)(C)C)N(C(=O)CNC(=O)OC(C)(C)C)C(C)(C)C)c1. The van der Waals surface area contributed by atoms with Gasteiger partial charge in [-0.15, -0.1) is 0 Å². The van der Waals surface area contributed by atoms with E-state index in [1.165, 1.54) is 4.90 Å². The summed E-state index contributed by atoms with van der Waals surface area (Å²) in [6, 6.07) is 12.9. The number of carbonyl (C=O) groups is 4. The summed E-state index contributed by atoms with van der Waals surface area (Å²) >= 11 is 0. The topological polar surface area (TPSA) is 114 Å². The summed E-state index contributed by atoms with van der Waals surface area (Å²) in [7, 11) is 0. The van der Waals surface area contributed by atoms with Gasteiger partial charge in [0.25, 0.3) is 0 Å². The molecule has 2 aromatic rings. The first kappa shape index (κ1) is 35.3. The van der Waals surface area contributed by atoms with E-state index in [2.05, 4.69) is 10.6 Å². The highest BCUT2D eigenvalue weighted by molar-refractivity contribution is 5.93. The third-order valence-corrected chi connectivity index (χ3v) is 6.13. The van der Waals surface area contributed by atoms with Gasteiger partial charge in [-0.05, 0) is 87.3 Å². The van der Waals surface area contributed by atoms with Crippen molar-refractivity contribution in [2.45, 2.75) is 111 Å². The van der Waals surface area contributed by atoms with Gasteiger partial charge in [-0.25, -0.2) is 9.59 Å². The van der Waals surface area contributed by atoms with E-state index in [1.807, 2.05) is 83.1 Å². The van der Waals surface area contributed by atoms with Crippen molar-refractivity contribution in [2.24, 2.45) is 0 Å². The highest BCUT2D eigenvalue weighted by atomic mass is 16.6. The number of nitrogens with zero attached hydrogens (tertiary/aromatic N) is 1. The molecule has 0 bridgehead atoms. The number of aryl methyl sites for hydroxylation is 2. The van der Waals surface area contributed by atoms with E-state index in [0.29, 0.717) is 5.56 Å². The first-order valence-electron chi connectivity index (χ1n) is 14.6. The van der Waals surface area contributed by atoms with E-state index in [4.69, 9.17) is 9.47 Å². The fraction of sp³-hybridized carbons (Fsp3) is 0.529. The number of hydrogen-bond donors (Lipinski definition) is 2. The molecule has 3 amide bonds. The summed E-state index contributed by atoms with van der Waals surface area (Å²) in [6.07, 6.45) is -0.542. The second-order valence-electron chi connectivity index (χ2n) is 13.9. The summed E-state index contributed by atoms with van der Waals surface area (Å²) in [5, 5.41) is 5.43. The van der Waals surface area contributed by atoms with E-state index in [9.17, 15) is 19.2 Å². The van der Waals surface area contributed by atoms with Crippen LogP contribution in [-0.4, -0.2) is 58.1 Å². The van der Waals surface area contributed by atoms with Gasteiger partial charge in [0.2, 0.25) is 11.8 Å². The van der Waals surface area contributed by atoms with Gasteiger partial charge in [0.05, 0.1) is 0 Å². The molecule has 9 nitrogen and oxygen atoms in total. The highest BCUT2D eigenvalue weighted by Gasteiger charge is 2.40. The molecule has 2 aromatic carbocycles. The van der Waals surface area contributed by atoms with Crippen LogP contribution in [0.1, 0.15) is 90.6 Å². The quantitative estimate of drug-likeness (QED) is 0.367. The van der Waals surface area contributed by atoms with E-state index in [-0.39, 0.29) is 13.0 Å². The molecule has 0 saturated carbocycles. The number of carbonyl (C=O) groups excluding carboxylic acids is 4. The fourth-order valence-corrected chi connectivity index (χ4v) is 4.70. The lowest BCUT2D eigenvalue weighted by Gasteiger charge is -2.42. The van der Waals surface area contributed by atoms with Crippen LogP contribution in [-0.2, 0) is 30.3 Å². The van der Waals surface area contributed by atoms with Gasteiger partial charge in [-0.3, -0.25) is 9.59 Å². The summed E-state index contributed by atoms with van der Waals surface area (Å²) in [4.78, 5) is 55.4. The van der Waals surface area contributed by atoms with Crippen LogP contribution < -0.4 is 10.6 Å². The number of hydrogen-bond acceptors (Lipinski definition) is 6. The van der Waals surface area contributed by atoms with Crippen molar-refractivity contribution in [3.05, 3.63) is 70.8 Å². The maximum Gasteiger partial charge on any atom is 0.408 e. The molecule has 0 aliphatic carbocycles. The van der Waals surface area contributed by atoms with Crippen molar-refractivity contribution >= 4 is 23.9 Å².